The van der Waals surface area contributed by atoms with Gasteiger partial charge in [0.25, 0.3) is 0 Å². The van der Waals surface area contributed by atoms with Crippen LogP contribution >= 0.6 is 11.3 Å². The van der Waals surface area contributed by atoms with Crippen molar-refractivity contribution in [2.75, 3.05) is 31.2 Å². The topological polar surface area (TPSA) is 58.5 Å². The number of morpholine rings is 1. The van der Waals surface area contributed by atoms with Crippen LogP contribution in [0, 0.1) is 6.92 Å². The zero-order valence-electron chi connectivity index (χ0n) is 12.5. The van der Waals surface area contributed by atoms with Crippen LogP contribution in [-0.4, -0.2) is 41.4 Å². The maximum absolute atomic E-state index is 9.72. The predicted molar refractivity (Wildman–Crippen MR) is 92.0 cm³/mol. The number of hydrogen-bond acceptors (Lipinski definition) is 6. The molecule has 6 heteroatoms. The smallest absolute Gasteiger partial charge is 0.162 e. The van der Waals surface area contributed by atoms with E-state index in [1.807, 2.05) is 12.1 Å². The van der Waals surface area contributed by atoms with Gasteiger partial charge in [0, 0.05) is 23.5 Å². The van der Waals surface area contributed by atoms with Gasteiger partial charge in [0.15, 0.2) is 11.6 Å². The average Bonchev–Trinajstić information content (AvgIpc) is 2.95. The van der Waals surface area contributed by atoms with Crippen LogP contribution in [-0.2, 0) is 4.74 Å². The van der Waals surface area contributed by atoms with Gasteiger partial charge in [0.2, 0.25) is 0 Å². The van der Waals surface area contributed by atoms with Gasteiger partial charge in [-0.1, -0.05) is 12.1 Å². The number of aromatic hydroxyl groups is 1. The van der Waals surface area contributed by atoms with Crippen molar-refractivity contribution in [3.05, 3.63) is 42.1 Å². The summed E-state index contributed by atoms with van der Waals surface area (Å²) in [6, 6.07) is 9.01. The average molecular weight is 326 g/mol. The molecule has 0 saturated carbocycles. The summed E-state index contributed by atoms with van der Waals surface area (Å²) in [6.07, 6.45) is 0. The molecular formula is C17H16N3O2S. The number of hydrogen-bond donors (Lipinski definition) is 1. The second kappa shape index (κ2) is 5.79. The van der Waals surface area contributed by atoms with Crippen LogP contribution < -0.4 is 4.90 Å². The Balaban J connectivity index is 1.89. The Hall–Kier alpha value is -2.18. The first-order chi connectivity index (χ1) is 11.2. The highest BCUT2D eigenvalue weighted by atomic mass is 32.1. The van der Waals surface area contributed by atoms with Gasteiger partial charge in [-0.05, 0) is 25.1 Å². The van der Waals surface area contributed by atoms with Crippen LogP contribution in [0.2, 0.25) is 0 Å². The number of anilines is 1. The number of phenols is 1. The monoisotopic (exact) mass is 326 g/mol. The lowest BCUT2D eigenvalue weighted by atomic mass is 10.2. The molecule has 23 heavy (non-hydrogen) atoms. The van der Waals surface area contributed by atoms with Gasteiger partial charge in [-0.2, -0.15) is 0 Å². The summed E-state index contributed by atoms with van der Waals surface area (Å²) in [4.78, 5) is 12.6. The minimum atomic E-state index is 0.210. The zero-order valence-corrected chi connectivity index (χ0v) is 13.3. The van der Waals surface area contributed by atoms with E-state index in [0.717, 1.165) is 39.6 Å². The minimum absolute atomic E-state index is 0.210. The molecule has 1 aliphatic heterocycles. The SMILES string of the molecule is [CH2]c1cc2nc(-c3cccc(O)c3)nc(N3CCOCC3)c2s1. The van der Waals surface area contributed by atoms with E-state index in [1.165, 1.54) is 0 Å². The molecule has 0 aliphatic carbocycles. The van der Waals surface area contributed by atoms with E-state index in [9.17, 15) is 5.11 Å². The van der Waals surface area contributed by atoms with E-state index in [4.69, 9.17) is 9.72 Å². The van der Waals surface area contributed by atoms with Crippen molar-refractivity contribution in [3.8, 4) is 17.1 Å². The fourth-order valence-electron chi connectivity index (χ4n) is 2.73. The molecule has 4 rings (SSSR count). The number of benzene rings is 1. The molecule has 0 unspecified atom stereocenters. The fraction of sp³-hybridized carbons (Fsp3) is 0.235. The number of rotatable bonds is 2. The second-order valence-corrected chi connectivity index (χ2v) is 6.58. The summed E-state index contributed by atoms with van der Waals surface area (Å²) in [6.45, 7) is 7.07. The van der Waals surface area contributed by atoms with Crippen LogP contribution in [0.25, 0.3) is 21.6 Å². The van der Waals surface area contributed by atoms with Gasteiger partial charge in [-0.3, -0.25) is 0 Å². The number of ether oxygens (including phenoxy) is 1. The minimum Gasteiger partial charge on any atom is -0.508 e. The summed E-state index contributed by atoms with van der Waals surface area (Å²) in [5.74, 6) is 1.76. The quantitative estimate of drug-likeness (QED) is 0.784. The van der Waals surface area contributed by atoms with Crippen molar-refractivity contribution in [1.29, 1.82) is 0 Å². The molecule has 3 aromatic rings. The lowest BCUT2D eigenvalue weighted by Crippen LogP contribution is -2.36. The zero-order chi connectivity index (χ0) is 15.8. The molecule has 117 valence electrons. The molecule has 1 fully saturated rings. The molecule has 0 spiro atoms. The Labute approximate surface area is 138 Å². The number of thiophene rings is 1. The first-order valence-corrected chi connectivity index (χ1v) is 8.28. The molecule has 1 aromatic carbocycles. The van der Waals surface area contributed by atoms with E-state index in [-0.39, 0.29) is 5.75 Å². The molecule has 1 radical (unpaired) electrons. The largest absolute Gasteiger partial charge is 0.508 e. The summed E-state index contributed by atoms with van der Waals surface area (Å²) in [5.41, 5.74) is 1.70. The normalized spacial score (nSPS) is 15.3. The Kier molecular flexibility index (Phi) is 3.63. The van der Waals surface area contributed by atoms with Crippen molar-refractivity contribution in [3.63, 3.8) is 0 Å². The lowest BCUT2D eigenvalue weighted by Gasteiger charge is -2.28. The molecule has 0 bridgehead atoms. The number of phenolic OH excluding ortho intramolecular Hbond substituents is 1. The molecule has 0 atom stereocenters. The van der Waals surface area contributed by atoms with Crippen molar-refractivity contribution in [2.24, 2.45) is 0 Å². The first-order valence-electron chi connectivity index (χ1n) is 7.46. The highest BCUT2D eigenvalue weighted by molar-refractivity contribution is 7.19. The van der Waals surface area contributed by atoms with Gasteiger partial charge >= 0.3 is 0 Å². The van der Waals surface area contributed by atoms with Crippen molar-refractivity contribution < 1.29 is 9.84 Å². The van der Waals surface area contributed by atoms with E-state index < -0.39 is 0 Å². The predicted octanol–water partition coefficient (Wildman–Crippen LogP) is 3.08. The van der Waals surface area contributed by atoms with E-state index >= 15 is 0 Å². The van der Waals surface area contributed by atoms with Crippen molar-refractivity contribution in [1.82, 2.24) is 9.97 Å². The van der Waals surface area contributed by atoms with Gasteiger partial charge in [0.1, 0.15) is 5.75 Å². The van der Waals surface area contributed by atoms with Crippen LogP contribution in [0.1, 0.15) is 4.88 Å². The first kappa shape index (κ1) is 14.4. The number of nitrogens with zero attached hydrogens (tertiary/aromatic N) is 3. The van der Waals surface area contributed by atoms with Crippen LogP contribution in [0.5, 0.6) is 5.75 Å². The number of fused-ring (bicyclic) bond motifs is 1. The Morgan fingerprint density at radius 2 is 2.00 bits per heavy atom. The van der Waals surface area contributed by atoms with Gasteiger partial charge in [-0.25, -0.2) is 9.97 Å². The highest BCUT2D eigenvalue weighted by Gasteiger charge is 2.19. The molecule has 1 aliphatic rings. The molecule has 3 heterocycles. The third kappa shape index (κ3) is 2.75. The Morgan fingerprint density at radius 1 is 1.17 bits per heavy atom. The third-order valence-corrected chi connectivity index (χ3v) is 4.80. The van der Waals surface area contributed by atoms with Crippen LogP contribution in [0.4, 0.5) is 5.82 Å². The summed E-state index contributed by atoms with van der Waals surface area (Å²) < 4.78 is 6.50. The van der Waals surface area contributed by atoms with Crippen LogP contribution in [0.15, 0.2) is 30.3 Å². The Morgan fingerprint density at radius 3 is 2.78 bits per heavy atom. The molecule has 1 saturated heterocycles. The second-order valence-electron chi connectivity index (χ2n) is 5.45. The fourth-order valence-corrected chi connectivity index (χ4v) is 3.64. The van der Waals surface area contributed by atoms with Crippen LogP contribution in [0.3, 0.4) is 0 Å². The van der Waals surface area contributed by atoms with Gasteiger partial charge < -0.3 is 14.7 Å². The maximum Gasteiger partial charge on any atom is 0.162 e. The molecular weight excluding hydrogens is 310 g/mol. The molecule has 5 nitrogen and oxygen atoms in total. The highest BCUT2D eigenvalue weighted by Crippen LogP contribution is 2.34. The number of aromatic nitrogens is 2. The molecule has 2 aromatic heterocycles. The standard InChI is InChI=1S/C17H16N3O2S/c1-11-9-14-15(23-11)17(20-5-7-22-8-6-20)19-16(18-14)12-3-2-4-13(21)10-12/h2-4,9-10,21H,1,5-8H2. The molecule has 1 N–H and O–H groups in total. The van der Waals surface area contributed by atoms with Gasteiger partial charge in [-0.15, -0.1) is 11.3 Å². The summed E-state index contributed by atoms with van der Waals surface area (Å²) in [5, 5.41) is 9.72. The summed E-state index contributed by atoms with van der Waals surface area (Å²) >= 11 is 1.61. The Bertz CT molecular complexity index is 856. The van der Waals surface area contributed by atoms with Gasteiger partial charge in [0.05, 0.1) is 23.4 Å². The van der Waals surface area contributed by atoms with E-state index in [2.05, 4.69) is 16.8 Å². The van der Waals surface area contributed by atoms with E-state index in [1.54, 1.807) is 29.5 Å². The maximum atomic E-state index is 9.72. The lowest BCUT2D eigenvalue weighted by molar-refractivity contribution is 0.122. The van der Waals surface area contributed by atoms with E-state index in [0.29, 0.717) is 19.0 Å². The summed E-state index contributed by atoms with van der Waals surface area (Å²) in [7, 11) is 0. The molecule has 0 amide bonds. The third-order valence-electron chi connectivity index (χ3n) is 3.82. The van der Waals surface area contributed by atoms with Crippen molar-refractivity contribution >= 4 is 27.4 Å². The van der Waals surface area contributed by atoms with Crippen molar-refractivity contribution in [2.45, 2.75) is 0 Å².